The largest absolute Gasteiger partial charge is 0.383 e. The summed E-state index contributed by atoms with van der Waals surface area (Å²) >= 11 is 1.79. The van der Waals surface area contributed by atoms with Gasteiger partial charge in [-0.1, -0.05) is 6.92 Å². The predicted octanol–water partition coefficient (Wildman–Crippen LogP) is 0.869. The number of rotatable bonds is 9. The summed E-state index contributed by atoms with van der Waals surface area (Å²) in [7, 11) is 1.63. The molecular formula is C11H24N2O2S. The van der Waals surface area contributed by atoms with Crippen LogP contribution in [0.2, 0.25) is 0 Å². The Labute approximate surface area is 103 Å². The number of hydrogen-bond donors (Lipinski definition) is 2. The number of nitrogens with one attached hydrogen (secondary N) is 2. The Morgan fingerprint density at radius 1 is 1.50 bits per heavy atom. The minimum atomic E-state index is 0.0316. The molecule has 0 aromatic heterocycles. The van der Waals surface area contributed by atoms with Crippen LogP contribution in [0.1, 0.15) is 20.3 Å². The number of thioether (sulfide) groups is 1. The molecule has 4 nitrogen and oxygen atoms in total. The topological polar surface area (TPSA) is 50.4 Å². The monoisotopic (exact) mass is 248 g/mol. The maximum atomic E-state index is 11.5. The maximum absolute atomic E-state index is 11.5. The van der Waals surface area contributed by atoms with Crippen molar-refractivity contribution in [2.24, 2.45) is 0 Å². The molecule has 0 saturated heterocycles. The number of carbonyl (C=O) groups excluding carboxylic acids is 1. The fraction of sp³-hybridized carbons (Fsp3) is 0.909. The maximum Gasteiger partial charge on any atom is 0.234 e. The van der Waals surface area contributed by atoms with Crippen molar-refractivity contribution >= 4 is 17.7 Å². The lowest BCUT2D eigenvalue weighted by atomic mass is 10.2. The molecule has 0 aliphatic carbocycles. The number of ether oxygens (including phenoxy) is 1. The van der Waals surface area contributed by atoms with Gasteiger partial charge in [-0.15, -0.1) is 0 Å². The Balaban J connectivity index is 3.70. The van der Waals surface area contributed by atoms with Crippen LogP contribution in [0, 0.1) is 0 Å². The lowest BCUT2D eigenvalue weighted by molar-refractivity contribution is -0.121. The highest BCUT2D eigenvalue weighted by atomic mass is 32.2. The summed E-state index contributed by atoms with van der Waals surface area (Å²) in [6, 6.07) is 0.485. The van der Waals surface area contributed by atoms with E-state index in [0.717, 1.165) is 12.2 Å². The first kappa shape index (κ1) is 15.7. The van der Waals surface area contributed by atoms with E-state index in [9.17, 15) is 4.79 Å². The average Bonchev–Trinajstić information content (AvgIpc) is 2.24. The molecule has 5 heteroatoms. The molecule has 0 aliphatic heterocycles. The summed E-state index contributed by atoms with van der Waals surface area (Å²) in [6.07, 6.45) is 3.12. The molecule has 0 rings (SSSR count). The third-order valence-electron chi connectivity index (χ3n) is 2.24. The molecule has 1 amide bonds. The number of hydrogen-bond acceptors (Lipinski definition) is 4. The van der Waals surface area contributed by atoms with Crippen LogP contribution in [-0.4, -0.2) is 50.3 Å². The van der Waals surface area contributed by atoms with Gasteiger partial charge in [0.15, 0.2) is 0 Å². The first-order valence-corrected chi connectivity index (χ1v) is 7.04. The van der Waals surface area contributed by atoms with Gasteiger partial charge in [-0.25, -0.2) is 0 Å². The van der Waals surface area contributed by atoms with E-state index in [4.69, 9.17) is 4.74 Å². The Bertz CT molecular complexity index is 191. The molecule has 0 heterocycles. The molecule has 0 saturated carbocycles. The zero-order chi connectivity index (χ0) is 12.4. The highest BCUT2D eigenvalue weighted by molar-refractivity contribution is 7.98. The Morgan fingerprint density at radius 2 is 2.19 bits per heavy atom. The van der Waals surface area contributed by atoms with E-state index in [1.165, 1.54) is 0 Å². The fourth-order valence-corrected chi connectivity index (χ4v) is 2.13. The average molecular weight is 248 g/mol. The van der Waals surface area contributed by atoms with Crippen LogP contribution in [0.4, 0.5) is 0 Å². The number of methoxy groups -OCH3 is 1. The first-order chi connectivity index (χ1) is 7.63. The second-order valence-electron chi connectivity index (χ2n) is 3.87. The SMILES string of the molecule is CCC(CSC)NCC(=O)NC(C)COC. The van der Waals surface area contributed by atoms with Gasteiger partial charge in [0.25, 0.3) is 0 Å². The van der Waals surface area contributed by atoms with Gasteiger partial charge in [-0.3, -0.25) is 4.79 Å². The zero-order valence-corrected chi connectivity index (χ0v) is 11.5. The summed E-state index contributed by atoms with van der Waals surface area (Å²) < 4.78 is 4.95. The summed E-state index contributed by atoms with van der Waals surface area (Å²) in [4.78, 5) is 11.5. The van der Waals surface area contributed by atoms with Crippen LogP contribution >= 0.6 is 11.8 Å². The van der Waals surface area contributed by atoms with Crippen molar-refractivity contribution in [2.75, 3.05) is 32.3 Å². The summed E-state index contributed by atoms with van der Waals surface area (Å²) in [5.41, 5.74) is 0. The highest BCUT2D eigenvalue weighted by Crippen LogP contribution is 2.00. The van der Waals surface area contributed by atoms with Gasteiger partial charge in [0.1, 0.15) is 0 Å². The van der Waals surface area contributed by atoms with Crippen molar-refractivity contribution in [1.29, 1.82) is 0 Å². The molecule has 2 unspecified atom stereocenters. The molecule has 2 N–H and O–H groups in total. The predicted molar refractivity (Wildman–Crippen MR) is 69.9 cm³/mol. The van der Waals surface area contributed by atoms with Crippen molar-refractivity contribution < 1.29 is 9.53 Å². The van der Waals surface area contributed by atoms with Crippen molar-refractivity contribution in [1.82, 2.24) is 10.6 Å². The van der Waals surface area contributed by atoms with E-state index in [1.807, 2.05) is 6.92 Å². The third kappa shape index (κ3) is 7.96. The zero-order valence-electron chi connectivity index (χ0n) is 10.7. The van der Waals surface area contributed by atoms with Crippen LogP contribution in [-0.2, 0) is 9.53 Å². The van der Waals surface area contributed by atoms with Crippen molar-refractivity contribution in [3.8, 4) is 0 Å². The standard InChI is InChI=1S/C11H24N2O2S/c1-5-10(8-16-4)12-6-11(14)13-9(2)7-15-3/h9-10,12H,5-8H2,1-4H3,(H,13,14). The van der Waals surface area contributed by atoms with Crippen LogP contribution in [0.5, 0.6) is 0 Å². The molecule has 96 valence electrons. The van der Waals surface area contributed by atoms with Crippen LogP contribution < -0.4 is 10.6 Å². The summed E-state index contributed by atoms with van der Waals surface area (Å²) in [5, 5.41) is 6.11. The Morgan fingerprint density at radius 3 is 2.69 bits per heavy atom. The molecule has 0 aromatic rings. The minimum absolute atomic E-state index is 0.0316. The molecule has 0 radical (unpaired) electrons. The second-order valence-corrected chi connectivity index (χ2v) is 4.78. The van der Waals surface area contributed by atoms with E-state index >= 15 is 0 Å². The number of amides is 1. The van der Waals surface area contributed by atoms with Gasteiger partial charge in [-0.2, -0.15) is 11.8 Å². The minimum Gasteiger partial charge on any atom is -0.383 e. The van der Waals surface area contributed by atoms with E-state index in [-0.39, 0.29) is 11.9 Å². The summed E-state index contributed by atoms with van der Waals surface area (Å²) in [5.74, 6) is 1.07. The van der Waals surface area contributed by atoms with Crippen LogP contribution in [0.25, 0.3) is 0 Å². The number of carbonyl (C=O) groups is 1. The van der Waals surface area contributed by atoms with Gasteiger partial charge >= 0.3 is 0 Å². The van der Waals surface area contributed by atoms with Crippen LogP contribution in [0.15, 0.2) is 0 Å². The van der Waals surface area contributed by atoms with Crippen molar-refractivity contribution in [3.05, 3.63) is 0 Å². The Kier molecular flexibility index (Phi) is 9.77. The smallest absolute Gasteiger partial charge is 0.234 e. The Hall–Kier alpha value is -0.260. The van der Waals surface area contributed by atoms with Gasteiger partial charge in [0, 0.05) is 24.9 Å². The molecule has 0 spiro atoms. The van der Waals surface area contributed by atoms with Crippen LogP contribution in [0.3, 0.4) is 0 Å². The quantitative estimate of drug-likeness (QED) is 0.636. The van der Waals surface area contributed by atoms with Gasteiger partial charge in [-0.05, 0) is 19.6 Å². The van der Waals surface area contributed by atoms with E-state index < -0.39 is 0 Å². The molecule has 2 atom stereocenters. The lowest BCUT2D eigenvalue weighted by Gasteiger charge is -2.17. The third-order valence-corrected chi connectivity index (χ3v) is 2.97. The lowest BCUT2D eigenvalue weighted by Crippen LogP contribution is -2.44. The molecule has 0 aliphatic rings. The van der Waals surface area contributed by atoms with Crippen molar-refractivity contribution in [2.45, 2.75) is 32.4 Å². The van der Waals surface area contributed by atoms with E-state index in [2.05, 4.69) is 23.8 Å². The van der Waals surface area contributed by atoms with E-state index in [1.54, 1.807) is 18.9 Å². The first-order valence-electron chi connectivity index (χ1n) is 5.64. The molecule has 0 bridgehead atoms. The molecule has 16 heavy (non-hydrogen) atoms. The molecular weight excluding hydrogens is 224 g/mol. The normalized spacial score (nSPS) is 14.5. The molecule has 0 fully saturated rings. The second kappa shape index (κ2) is 9.93. The van der Waals surface area contributed by atoms with Gasteiger partial charge < -0.3 is 15.4 Å². The van der Waals surface area contributed by atoms with Gasteiger partial charge in [0.05, 0.1) is 13.2 Å². The summed E-state index contributed by atoms with van der Waals surface area (Å²) in [6.45, 7) is 4.99. The molecule has 0 aromatic carbocycles. The fourth-order valence-electron chi connectivity index (χ4n) is 1.38. The van der Waals surface area contributed by atoms with Crippen molar-refractivity contribution in [3.63, 3.8) is 0 Å². The van der Waals surface area contributed by atoms with E-state index in [0.29, 0.717) is 19.2 Å². The van der Waals surface area contributed by atoms with Gasteiger partial charge in [0.2, 0.25) is 5.91 Å². The highest BCUT2D eigenvalue weighted by Gasteiger charge is 2.09.